The normalized spacial score (nSPS) is 14.5. The maximum atomic E-state index is 12.6. The van der Waals surface area contributed by atoms with Crippen molar-refractivity contribution >= 4 is 11.6 Å². The lowest BCUT2D eigenvalue weighted by Crippen LogP contribution is -2.32. The van der Waals surface area contributed by atoms with Crippen molar-refractivity contribution in [2.24, 2.45) is 0 Å². The van der Waals surface area contributed by atoms with Gasteiger partial charge in [-0.1, -0.05) is 48.3 Å². The largest absolute Gasteiger partial charge is 0.360 e. The molecule has 0 spiro atoms. The van der Waals surface area contributed by atoms with Gasteiger partial charge in [0.25, 0.3) is 5.91 Å². The number of aryl methyl sites for hydroxylation is 1. The third-order valence-corrected chi connectivity index (χ3v) is 5.58. The van der Waals surface area contributed by atoms with Gasteiger partial charge in [-0.15, -0.1) is 0 Å². The summed E-state index contributed by atoms with van der Waals surface area (Å²) in [4.78, 5) is 17.4. The lowest BCUT2D eigenvalue weighted by Gasteiger charge is -2.11. The van der Waals surface area contributed by atoms with Crippen molar-refractivity contribution in [2.45, 2.75) is 38.6 Å². The molecule has 0 radical (unpaired) electrons. The van der Waals surface area contributed by atoms with Crippen molar-refractivity contribution in [3.63, 3.8) is 0 Å². The number of fused-ring (bicyclic) bond motifs is 1. The monoisotopic (exact) mass is 386 g/mol. The third-order valence-electron chi connectivity index (χ3n) is 5.58. The topological polar surface area (TPSA) is 72.4 Å². The van der Waals surface area contributed by atoms with Crippen LogP contribution in [0.5, 0.6) is 0 Å². The molecular weight excluding hydrogens is 364 g/mol. The van der Waals surface area contributed by atoms with E-state index < -0.39 is 0 Å². The molecule has 3 heterocycles. The minimum absolute atomic E-state index is 0.0323. The van der Waals surface area contributed by atoms with Crippen molar-refractivity contribution in [1.82, 2.24) is 19.9 Å². The molecule has 1 aliphatic carbocycles. The van der Waals surface area contributed by atoms with Crippen LogP contribution in [0.4, 0.5) is 0 Å². The van der Waals surface area contributed by atoms with Crippen LogP contribution in [0.1, 0.15) is 41.8 Å². The van der Waals surface area contributed by atoms with E-state index in [0.29, 0.717) is 17.4 Å². The number of nitrogens with one attached hydrogen (secondary N) is 1. The summed E-state index contributed by atoms with van der Waals surface area (Å²) in [5.41, 5.74) is 4.75. The Kier molecular flexibility index (Phi) is 4.39. The number of carbonyl (C=O) groups is 1. The van der Waals surface area contributed by atoms with Gasteiger partial charge in [-0.2, -0.15) is 0 Å². The van der Waals surface area contributed by atoms with E-state index in [4.69, 9.17) is 9.51 Å². The predicted octanol–water partition coefficient (Wildman–Crippen LogP) is 4.64. The van der Waals surface area contributed by atoms with Crippen LogP contribution in [0, 0.1) is 6.92 Å². The van der Waals surface area contributed by atoms with Crippen LogP contribution in [-0.2, 0) is 0 Å². The molecular formula is C23H22N4O2. The van der Waals surface area contributed by atoms with Gasteiger partial charge >= 0.3 is 0 Å². The number of nitrogens with zero attached hydrogens (tertiary/aromatic N) is 3. The van der Waals surface area contributed by atoms with Crippen LogP contribution < -0.4 is 5.32 Å². The van der Waals surface area contributed by atoms with E-state index in [9.17, 15) is 4.79 Å². The highest BCUT2D eigenvalue weighted by Gasteiger charge is 2.21. The minimum Gasteiger partial charge on any atom is -0.360 e. The molecule has 1 amide bonds. The second-order valence-corrected chi connectivity index (χ2v) is 7.59. The third kappa shape index (κ3) is 3.31. The summed E-state index contributed by atoms with van der Waals surface area (Å²) in [5.74, 6) is 0.682. The first-order valence-electron chi connectivity index (χ1n) is 10.0. The average Bonchev–Trinajstić information content (AvgIpc) is 3.47. The Hall–Kier alpha value is -3.41. The maximum absolute atomic E-state index is 12.6. The van der Waals surface area contributed by atoms with Gasteiger partial charge in [-0.25, -0.2) is 4.98 Å². The van der Waals surface area contributed by atoms with E-state index in [-0.39, 0.29) is 5.91 Å². The first-order valence-corrected chi connectivity index (χ1v) is 10.0. The molecule has 0 bridgehead atoms. The quantitative estimate of drug-likeness (QED) is 0.555. The summed E-state index contributed by atoms with van der Waals surface area (Å²) in [6.07, 6.45) is 8.33. The van der Waals surface area contributed by atoms with Crippen molar-refractivity contribution in [3.8, 4) is 22.5 Å². The summed E-state index contributed by atoms with van der Waals surface area (Å²) >= 11 is 0. The van der Waals surface area contributed by atoms with E-state index in [1.165, 1.54) is 12.8 Å². The number of imidazole rings is 1. The number of pyridine rings is 1. The molecule has 1 saturated carbocycles. The fourth-order valence-electron chi connectivity index (χ4n) is 4.05. The van der Waals surface area contributed by atoms with E-state index >= 15 is 0 Å². The Morgan fingerprint density at radius 3 is 2.76 bits per heavy atom. The van der Waals surface area contributed by atoms with Gasteiger partial charge in [0.1, 0.15) is 17.1 Å². The van der Waals surface area contributed by atoms with E-state index in [1.807, 2.05) is 66.2 Å². The van der Waals surface area contributed by atoms with E-state index in [0.717, 1.165) is 41.0 Å². The molecule has 29 heavy (non-hydrogen) atoms. The van der Waals surface area contributed by atoms with Crippen LogP contribution in [0.25, 0.3) is 28.2 Å². The first kappa shape index (κ1) is 17.7. The molecule has 0 unspecified atom stereocenters. The highest BCUT2D eigenvalue weighted by atomic mass is 16.5. The second-order valence-electron chi connectivity index (χ2n) is 7.59. The zero-order valence-corrected chi connectivity index (χ0v) is 16.3. The minimum atomic E-state index is -0.0323. The molecule has 1 N–H and O–H groups in total. The molecule has 6 heteroatoms. The number of rotatable bonds is 4. The molecule has 0 saturated heterocycles. The molecule has 4 aromatic rings. The zero-order chi connectivity index (χ0) is 19.8. The Balaban J connectivity index is 1.50. The summed E-state index contributed by atoms with van der Waals surface area (Å²) in [5, 5.41) is 7.38. The number of hydrogen-bond donors (Lipinski definition) is 1. The molecule has 1 fully saturated rings. The summed E-state index contributed by atoms with van der Waals surface area (Å²) in [6, 6.07) is 13.9. The summed E-state index contributed by atoms with van der Waals surface area (Å²) in [6.45, 7) is 1.89. The van der Waals surface area contributed by atoms with Crippen molar-refractivity contribution in [3.05, 3.63) is 66.2 Å². The van der Waals surface area contributed by atoms with Crippen LogP contribution >= 0.6 is 0 Å². The van der Waals surface area contributed by atoms with Gasteiger partial charge in [0.15, 0.2) is 0 Å². The zero-order valence-electron chi connectivity index (χ0n) is 16.3. The summed E-state index contributed by atoms with van der Waals surface area (Å²) < 4.78 is 7.39. The Bertz CT molecular complexity index is 1170. The van der Waals surface area contributed by atoms with Gasteiger partial charge in [0, 0.05) is 29.6 Å². The number of amides is 1. The van der Waals surface area contributed by atoms with Gasteiger partial charge in [-0.05, 0) is 31.9 Å². The van der Waals surface area contributed by atoms with E-state index in [2.05, 4.69) is 10.5 Å². The van der Waals surface area contributed by atoms with Gasteiger partial charge in [-0.3, -0.25) is 4.79 Å². The number of hydrogen-bond acceptors (Lipinski definition) is 4. The van der Waals surface area contributed by atoms with Crippen LogP contribution in [-0.4, -0.2) is 26.5 Å². The van der Waals surface area contributed by atoms with Gasteiger partial charge in [0.2, 0.25) is 0 Å². The average molecular weight is 386 g/mol. The van der Waals surface area contributed by atoms with Crippen LogP contribution in [0.2, 0.25) is 0 Å². The molecule has 3 aromatic heterocycles. The Labute approximate surface area is 168 Å². The second kappa shape index (κ2) is 7.20. The molecule has 6 nitrogen and oxygen atoms in total. The number of benzene rings is 1. The highest BCUT2D eigenvalue weighted by Crippen LogP contribution is 2.33. The molecule has 146 valence electrons. The summed E-state index contributed by atoms with van der Waals surface area (Å²) in [7, 11) is 0. The number of carbonyl (C=O) groups excluding carboxylic acids is 1. The standard InChI is InChI=1S/C23H22N4O2/c1-15-21(22(26-29-15)16-7-3-2-4-8-16)19-14-27-12-11-17(13-20(27)25-19)23(28)24-18-9-5-6-10-18/h2-4,7-8,11-14,18H,5-6,9-10H2,1H3,(H,24,28). The SMILES string of the molecule is Cc1onc(-c2ccccc2)c1-c1cn2ccc(C(=O)NC3CCCC3)cc2n1. The van der Waals surface area contributed by atoms with Gasteiger partial charge in [0.05, 0.1) is 11.3 Å². The fraction of sp³-hybridized carbons (Fsp3) is 0.261. The Morgan fingerprint density at radius 1 is 1.17 bits per heavy atom. The Morgan fingerprint density at radius 2 is 1.97 bits per heavy atom. The molecule has 0 atom stereocenters. The molecule has 1 aromatic carbocycles. The van der Waals surface area contributed by atoms with Crippen LogP contribution in [0.15, 0.2) is 59.4 Å². The highest BCUT2D eigenvalue weighted by molar-refractivity contribution is 5.95. The number of aromatic nitrogens is 3. The maximum Gasteiger partial charge on any atom is 0.251 e. The lowest BCUT2D eigenvalue weighted by molar-refractivity contribution is 0.0938. The van der Waals surface area contributed by atoms with Gasteiger partial charge < -0.3 is 14.2 Å². The van der Waals surface area contributed by atoms with Crippen molar-refractivity contribution < 1.29 is 9.32 Å². The van der Waals surface area contributed by atoms with Crippen molar-refractivity contribution in [1.29, 1.82) is 0 Å². The first-order chi connectivity index (χ1) is 14.2. The lowest BCUT2D eigenvalue weighted by atomic mass is 10.0. The molecule has 1 aliphatic rings. The fourth-order valence-corrected chi connectivity index (χ4v) is 4.05. The molecule has 5 rings (SSSR count). The van der Waals surface area contributed by atoms with E-state index in [1.54, 1.807) is 0 Å². The predicted molar refractivity (Wildman–Crippen MR) is 111 cm³/mol. The van der Waals surface area contributed by atoms with Crippen molar-refractivity contribution in [2.75, 3.05) is 0 Å². The van der Waals surface area contributed by atoms with Crippen LogP contribution in [0.3, 0.4) is 0 Å². The molecule has 0 aliphatic heterocycles. The smallest absolute Gasteiger partial charge is 0.251 e.